The van der Waals surface area contributed by atoms with Crippen LogP contribution in [0.4, 0.5) is 0 Å². The molecule has 0 spiro atoms. The van der Waals surface area contributed by atoms with Crippen molar-refractivity contribution in [2.24, 2.45) is 0 Å². The Labute approximate surface area is 81.1 Å². The van der Waals surface area contributed by atoms with Gasteiger partial charge in [0.25, 0.3) is 0 Å². The molecule has 2 atom stereocenters. The first kappa shape index (κ1) is 11.0. The molecule has 0 aromatic heterocycles. The van der Waals surface area contributed by atoms with Crippen LogP contribution < -0.4 is 5.32 Å². The number of β-amino-alcohol motifs (C(OH)–C–C–N with tert-alkyl or cyclic N) is 1. The molecule has 0 radical (unpaired) electrons. The number of hydrogen-bond acceptors (Lipinski definition) is 3. The normalized spacial score (nSPS) is 30.0. The predicted octanol–water partition coefficient (Wildman–Crippen LogP) is 0.441. The Hall–Kier alpha value is -0.120. The molecule has 1 unspecified atom stereocenters. The van der Waals surface area contributed by atoms with E-state index < -0.39 is 5.60 Å². The van der Waals surface area contributed by atoms with Gasteiger partial charge >= 0.3 is 0 Å². The van der Waals surface area contributed by atoms with E-state index in [1.165, 1.54) is 0 Å². The fraction of sp³-hybridized carbons (Fsp3) is 1.00. The number of nitrogens with one attached hydrogen (secondary N) is 1. The van der Waals surface area contributed by atoms with E-state index in [0.717, 1.165) is 32.6 Å². The van der Waals surface area contributed by atoms with Gasteiger partial charge in [-0.2, -0.15) is 0 Å². The van der Waals surface area contributed by atoms with Crippen molar-refractivity contribution in [3.05, 3.63) is 0 Å². The van der Waals surface area contributed by atoms with Gasteiger partial charge < -0.3 is 10.4 Å². The third kappa shape index (κ3) is 3.25. The number of piperazine rings is 1. The number of nitrogens with zero attached hydrogens (tertiary/aromatic N) is 1. The first-order chi connectivity index (χ1) is 6.05. The highest BCUT2D eigenvalue weighted by Gasteiger charge is 2.26. The van der Waals surface area contributed by atoms with E-state index in [1.54, 1.807) is 0 Å². The third-order valence-corrected chi connectivity index (χ3v) is 2.94. The quantitative estimate of drug-likeness (QED) is 0.671. The Bertz CT molecular complexity index is 159. The van der Waals surface area contributed by atoms with Crippen LogP contribution in [0.2, 0.25) is 0 Å². The molecule has 1 aliphatic heterocycles. The van der Waals surface area contributed by atoms with Gasteiger partial charge in [-0.3, -0.25) is 4.90 Å². The van der Waals surface area contributed by atoms with Gasteiger partial charge in [0.1, 0.15) is 0 Å². The summed E-state index contributed by atoms with van der Waals surface area (Å²) in [5.41, 5.74) is -0.522. The standard InChI is InChI=1S/C10H22N2O/c1-4-10(3,13)8-12-6-5-11-7-9(12)2/h9,11,13H,4-8H2,1-3H3/t9-,10?/m1/s1. The smallest absolute Gasteiger partial charge is 0.0743 e. The maximum absolute atomic E-state index is 9.93. The highest BCUT2D eigenvalue weighted by Crippen LogP contribution is 2.13. The van der Waals surface area contributed by atoms with Crippen LogP contribution in [-0.2, 0) is 0 Å². The van der Waals surface area contributed by atoms with Crippen molar-refractivity contribution in [2.75, 3.05) is 26.2 Å². The van der Waals surface area contributed by atoms with Crippen molar-refractivity contribution in [2.45, 2.75) is 38.8 Å². The molecule has 0 aromatic rings. The lowest BCUT2D eigenvalue weighted by Crippen LogP contribution is -2.54. The average Bonchev–Trinajstić information content (AvgIpc) is 2.09. The van der Waals surface area contributed by atoms with Gasteiger partial charge in [-0.15, -0.1) is 0 Å². The van der Waals surface area contributed by atoms with E-state index >= 15 is 0 Å². The topological polar surface area (TPSA) is 35.5 Å². The molecule has 1 heterocycles. The molecule has 3 heteroatoms. The second-order valence-corrected chi connectivity index (χ2v) is 4.37. The number of rotatable bonds is 3. The lowest BCUT2D eigenvalue weighted by Gasteiger charge is -2.38. The molecule has 1 rings (SSSR count). The summed E-state index contributed by atoms with van der Waals surface area (Å²) >= 11 is 0. The van der Waals surface area contributed by atoms with E-state index in [-0.39, 0.29) is 0 Å². The zero-order chi connectivity index (χ0) is 9.90. The largest absolute Gasteiger partial charge is 0.389 e. The molecule has 13 heavy (non-hydrogen) atoms. The van der Waals surface area contributed by atoms with E-state index in [9.17, 15) is 5.11 Å². The molecular weight excluding hydrogens is 164 g/mol. The molecule has 1 fully saturated rings. The summed E-state index contributed by atoms with van der Waals surface area (Å²) in [6.07, 6.45) is 0.823. The molecule has 0 bridgehead atoms. The minimum absolute atomic E-state index is 0.522. The van der Waals surface area contributed by atoms with Gasteiger partial charge in [-0.05, 0) is 20.3 Å². The lowest BCUT2D eigenvalue weighted by molar-refractivity contribution is -0.0000267. The molecular formula is C10H22N2O. The summed E-state index contributed by atoms with van der Waals surface area (Å²) in [4.78, 5) is 2.36. The van der Waals surface area contributed by atoms with Gasteiger partial charge in [0, 0.05) is 32.2 Å². The first-order valence-corrected chi connectivity index (χ1v) is 5.22. The molecule has 78 valence electrons. The monoisotopic (exact) mass is 186 g/mol. The van der Waals surface area contributed by atoms with Crippen LogP contribution >= 0.6 is 0 Å². The summed E-state index contributed by atoms with van der Waals surface area (Å²) in [5, 5.41) is 13.3. The number of hydrogen-bond donors (Lipinski definition) is 2. The van der Waals surface area contributed by atoms with Gasteiger partial charge in [-0.25, -0.2) is 0 Å². The maximum Gasteiger partial charge on any atom is 0.0743 e. The van der Waals surface area contributed by atoms with Crippen LogP contribution in [0.25, 0.3) is 0 Å². The summed E-state index contributed by atoms with van der Waals surface area (Å²) in [6.45, 7) is 10.1. The van der Waals surface area contributed by atoms with Crippen LogP contribution in [0.1, 0.15) is 27.2 Å². The van der Waals surface area contributed by atoms with Crippen LogP contribution in [0, 0.1) is 0 Å². The number of aliphatic hydroxyl groups is 1. The van der Waals surface area contributed by atoms with Crippen LogP contribution in [0.5, 0.6) is 0 Å². The van der Waals surface area contributed by atoms with Crippen LogP contribution in [0.3, 0.4) is 0 Å². The fourth-order valence-corrected chi connectivity index (χ4v) is 1.67. The molecule has 3 nitrogen and oxygen atoms in total. The van der Waals surface area contributed by atoms with Crippen molar-refractivity contribution in [3.8, 4) is 0 Å². The SMILES string of the molecule is CCC(C)(O)CN1CCNC[C@H]1C. The Kier molecular flexibility index (Phi) is 3.71. The highest BCUT2D eigenvalue weighted by atomic mass is 16.3. The lowest BCUT2D eigenvalue weighted by atomic mass is 10.0. The van der Waals surface area contributed by atoms with E-state index in [0.29, 0.717) is 6.04 Å². The molecule has 1 saturated heterocycles. The van der Waals surface area contributed by atoms with Crippen LogP contribution in [-0.4, -0.2) is 47.8 Å². The highest BCUT2D eigenvalue weighted by molar-refractivity contribution is 4.82. The molecule has 0 amide bonds. The molecule has 0 saturated carbocycles. The Morgan fingerprint density at radius 2 is 2.31 bits per heavy atom. The second kappa shape index (κ2) is 4.40. The van der Waals surface area contributed by atoms with E-state index in [4.69, 9.17) is 0 Å². The Morgan fingerprint density at radius 1 is 1.62 bits per heavy atom. The molecule has 0 aliphatic carbocycles. The van der Waals surface area contributed by atoms with Gasteiger partial charge in [0.05, 0.1) is 5.60 Å². The fourth-order valence-electron chi connectivity index (χ4n) is 1.67. The van der Waals surface area contributed by atoms with Gasteiger partial charge in [0.2, 0.25) is 0 Å². The van der Waals surface area contributed by atoms with Gasteiger partial charge in [-0.1, -0.05) is 6.92 Å². The average molecular weight is 186 g/mol. The maximum atomic E-state index is 9.93. The van der Waals surface area contributed by atoms with Crippen molar-refractivity contribution < 1.29 is 5.11 Å². The zero-order valence-electron chi connectivity index (χ0n) is 9.01. The minimum Gasteiger partial charge on any atom is -0.389 e. The zero-order valence-corrected chi connectivity index (χ0v) is 9.01. The predicted molar refractivity (Wildman–Crippen MR) is 54.8 cm³/mol. The van der Waals surface area contributed by atoms with Crippen molar-refractivity contribution >= 4 is 0 Å². The Balaban J connectivity index is 2.42. The third-order valence-electron chi connectivity index (χ3n) is 2.94. The van der Waals surface area contributed by atoms with Crippen molar-refractivity contribution in [1.29, 1.82) is 0 Å². The molecule has 1 aliphatic rings. The summed E-state index contributed by atoms with van der Waals surface area (Å²) in [5.74, 6) is 0. The Morgan fingerprint density at radius 3 is 2.85 bits per heavy atom. The molecule has 0 aromatic carbocycles. The first-order valence-electron chi connectivity index (χ1n) is 5.22. The summed E-state index contributed by atoms with van der Waals surface area (Å²) < 4.78 is 0. The van der Waals surface area contributed by atoms with Crippen molar-refractivity contribution in [3.63, 3.8) is 0 Å². The van der Waals surface area contributed by atoms with E-state index in [2.05, 4.69) is 17.1 Å². The van der Waals surface area contributed by atoms with E-state index in [1.807, 2.05) is 13.8 Å². The van der Waals surface area contributed by atoms with Gasteiger partial charge in [0.15, 0.2) is 0 Å². The molecule has 2 N–H and O–H groups in total. The summed E-state index contributed by atoms with van der Waals surface area (Å²) in [6, 6.07) is 0.548. The summed E-state index contributed by atoms with van der Waals surface area (Å²) in [7, 11) is 0. The second-order valence-electron chi connectivity index (χ2n) is 4.37. The van der Waals surface area contributed by atoms with Crippen LogP contribution in [0.15, 0.2) is 0 Å². The van der Waals surface area contributed by atoms with Crippen molar-refractivity contribution in [1.82, 2.24) is 10.2 Å². The minimum atomic E-state index is -0.522.